The summed E-state index contributed by atoms with van der Waals surface area (Å²) in [6.45, 7) is 2.19. The lowest BCUT2D eigenvalue weighted by Crippen LogP contribution is -2.20. The van der Waals surface area contributed by atoms with Crippen molar-refractivity contribution in [3.63, 3.8) is 0 Å². The van der Waals surface area contributed by atoms with Crippen molar-refractivity contribution in [2.45, 2.75) is 39.0 Å². The molecule has 0 atom stereocenters. The SMILES string of the molecule is CCCCCC(/C=N/NC(=O)Cc1cn2ccsc2n1)=C\c1ccccc1. The van der Waals surface area contributed by atoms with Gasteiger partial charge in [-0.05, 0) is 24.0 Å². The third kappa shape index (κ3) is 5.89. The van der Waals surface area contributed by atoms with Gasteiger partial charge in [-0.1, -0.05) is 56.2 Å². The molecule has 0 unspecified atom stereocenters. The molecule has 1 aromatic carbocycles. The Bertz CT molecular complexity index is 895. The number of rotatable bonds is 9. The van der Waals surface area contributed by atoms with E-state index in [1.807, 2.05) is 40.4 Å². The number of carbonyl (C=O) groups excluding carboxylic acids is 1. The van der Waals surface area contributed by atoms with Crippen LogP contribution in [-0.2, 0) is 11.2 Å². The van der Waals surface area contributed by atoms with E-state index in [0.717, 1.165) is 34.6 Å². The molecule has 0 radical (unpaired) electrons. The number of nitrogens with one attached hydrogen (secondary N) is 1. The summed E-state index contributed by atoms with van der Waals surface area (Å²) in [5, 5.41) is 6.13. The topological polar surface area (TPSA) is 58.8 Å². The highest BCUT2D eigenvalue weighted by molar-refractivity contribution is 7.15. The molecule has 5 nitrogen and oxygen atoms in total. The summed E-state index contributed by atoms with van der Waals surface area (Å²) < 4.78 is 1.92. The fourth-order valence-corrected chi connectivity index (χ4v) is 3.49. The first-order valence-corrected chi connectivity index (χ1v) is 10.1. The predicted octanol–water partition coefficient (Wildman–Crippen LogP) is 4.70. The van der Waals surface area contributed by atoms with Crippen molar-refractivity contribution >= 4 is 34.5 Å². The third-order valence-corrected chi connectivity index (χ3v) is 4.90. The number of unbranched alkanes of at least 4 members (excludes halogenated alkanes) is 2. The minimum Gasteiger partial charge on any atom is -0.297 e. The Balaban J connectivity index is 1.58. The normalized spacial score (nSPS) is 12.1. The van der Waals surface area contributed by atoms with Gasteiger partial charge in [-0.15, -0.1) is 11.3 Å². The maximum atomic E-state index is 12.1. The second-order valence-corrected chi connectivity index (χ2v) is 7.26. The number of allylic oxidation sites excluding steroid dienone is 1. The van der Waals surface area contributed by atoms with Gasteiger partial charge in [0.05, 0.1) is 18.3 Å². The molecule has 0 spiro atoms. The molecule has 2 aromatic heterocycles. The van der Waals surface area contributed by atoms with Crippen LogP contribution in [0.1, 0.15) is 43.9 Å². The van der Waals surface area contributed by atoms with Crippen LogP contribution in [0, 0.1) is 0 Å². The van der Waals surface area contributed by atoms with Crippen molar-refractivity contribution in [1.29, 1.82) is 0 Å². The Morgan fingerprint density at radius 3 is 2.93 bits per heavy atom. The van der Waals surface area contributed by atoms with E-state index in [2.05, 4.69) is 40.6 Å². The number of hydrazone groups is 1. The largest absolute Gasteiger partial charge is 0.297 e. The molecule has 0 bridgehead atoms. The average molecular weight is 381 g/mol. The quantitative estimate of drug-likeness (QED) is 0.332. The highest BCUT2D eigenvalue weighted by Gasteiger charge is 2.07. The fraction of sp³-hybridized carbons (Fsp3) is 0.286. The second-order valence-electron chi connectivity index (χ2n) is 6.38. The zero-order chi connectivity index (χ0) is 18.9. The molecular formula is C21H24N4OS. The van der Waals surface area contributed by atoms with Crippen LogP contribution >= 0.6 is 11.3 Å². The van der Waals surface area contributed by atoms with E-state index in [0.29, 0.717) is 0 Å². The van der Waals surface area contributed by atoms with Crippen molar-refractivity contribution < 1.29 is 4.79 Å². The number of hydrogen-bond acceptors (Lipinski definition) is 4. The maximum Gasteiger partial charge on any atom is 0.246 e. The van der Waals surface area contributed by atoms with Crippen LogP contribution in [0.15, 0.2) is 58.8 Å². The second kappa shape index (κ2) is 9.83. The summed E-state index contributed by atoms with van der Waals surface area (Å²) in [4.78, 5) is 17.4. The van der Waals surface area contributed by atoms with E-state index in [1.165, 1.54) is 12.8 Å². The van der Waals surface area contributed by atoms with Crippen molar-refractivity contribution in [3.05, 3.63) is 64.9 Å². The molecule has 0 fully saturated rings. The zero-order valence-electron chi connectivity index (χ0n) is 15.5. The number of imidazole rings is 1. The summed E-state index contributed by atoms with van der Waals surface area (Å²) >= 11 is 1.55. The predicted molar refractivity (Wildman–Crippen MR) is 112 cm³/mol. The molecule has 1 N–H and O–H groups in total. The van der Waals surface area contributed by atoms with Crippen LogP contribution in [0.2, 0.25) is 0 Å². The van der Waals surface area contributed by atoms with E-state index < -0.39 is 0 Å². The minimum absolute atomic E-state index is 0.162. The van der Waals surface area contributed by atoms with Gasteiger partial charge >= 0.3 is 0 Å². The van der Waals surface area contributed by atoms with Crippen LogP contribution in [-0.4, -0.2) is 21.5 Å². The summed E-state index contributed by atoms with van der Waals surface area (Å²) in [5.74, 6) is -0.162. The molecule has 0 aliphatic carbocycles. The van der Waals surface area contributed by atoms with Crippen molar-refractivity contribution in [3.8, 4) is 0 Å². The van der Waals surface area contributed by atoms with E-state index >= 15 is 0 Å². The number of amides is 1. The summed E-state index contributed by atoms with van der Waals surface area (Å²) in [6, 6.07) is 10.2. The molecular weight excluding hydrogens is 356 g/mol. The number of carbonyl (C=O) groups is 1. The van der Waals surface area contributed by atoms with Crippen molar-refractivity contribution in [2.75, 3.05) is 0 Å². The molecule has 2 heterocycles. The number of aromatic nitrogens is 2. The molecule has 3 rings (SSSR count). The van der Waals surface area contributed by atoms with Crippen LogP contribution in [0.3, 0.4) is 0 Å². The molecule has 140 valence electrons. The molecule has 3 aromatic rings. The minimum atomic E-state index is -0.162. The van der Waals surface area contributed by atoms with Gasteiger partial charge in [0.25, 0.3) is 0 Å². The van der Waals surface area contributed by atoms with E-state index in [-0.39, 0.29) is 12.3 Å². The number of nitrogens with zero attached hydrogens (tertiary/aromatic N) is 3. The fourth-order valence-electron chi connectivity index (χ4n) is 2.77. The lowest BCUT2D eigenvalue weighted by Gasteiger charge is -2.03. The summed E-state index contributed by atoms with van der Waals surface area (Å²) in [6.07, 6.45) is 12.3. The van der Waals surface area contributed by atoms with Crippen molar-refractivity contribution in [2.24, 2.45) is 5.10 Å². The van der Waals surface area contributed by atoms with E-state index in [9.17, 15) is 4.79 Å². The first-order valence-electron chi connectivity index (χ1n) is 9.23. The number of thiazole rings is 1. The number of hydrogen-bond donors (Lipinski definition) is 1. The number of benzene rings is 1. The first kappa shape index (κ1) is 19.0. The molecule has 1 amide bonds. The Labute approximate surface area is 163 Å². The molecule has 0 aliphatic rings. The number of fused-ring (bicyclic) bond motifs is 1. The highest BCUT2D eigenvalue weighted by Crippen LogP contribution is 2.13. The zero-order valence-corrected chi connectivity index (χ0v) is 16.3. The summed E-state index contributed by atoms with van der Waals surface area (Å²) in [7, 11) is 0. The Kier molecular flexibility index (Phi) is 6.93. The van der Waals surface area contributed by atoms with E-state index in [4.69, 9.17) is 0 Å². The molecule has 27 heavy (non-hydrogen) atoms. The molecule has 0 saturated heterocycles. The van der Waals surface area contributed by atoms with E-state index in [1.54, 1.807) is 17.6 Å². The third-order valence-electron chi connectivity index (χ3n) is 4.13. The van der Waals surface area contributed by atoms with Gasteiger partial charge in [0.15, 0.2) is 4.96 Å². The van der Waals surface area contributed by atoms with Crippen LogP contribution < -0.4 is 5.43 Å². The van der Waals surface area contributed by atoms with Gasteiger partial charge in [0.2, 0.25) is 5.91 Å². The smallest absolute Gasteiger partial charge is 0.246 e. The van der Waals surface area contributed by atoms with Gasteiger partial charge in [0.1, 0.15) is 0 Å². The van der Waals surface area contributed by atoms with Gasteiger partial charge in [-0.3, -0.25) is 9.20 Å². The lowest BCUT2D eigenvalue weighted by molar-refractivity contribution is -0.120. The average Bonchev–Trinajstić information content (AvgIpc) is 3.24. The van der Waals surface area contributed by atoms with Gasteiger partial charge in [-0.2, -0.15) is 5.10 Å². The van der Waals surface area contributed by atoms with Gasteiger partial charge < -0.3 is 0 Å². The van der Waals surface area contributed by atoms with Gasteiger partial charge in [-0.25, -0.2) is 10.4 Å². The van der Waals surface area contributed by atoms with Crippen LogP contribution in [0.4, 0.5) is 0 Å². The van der Waals surface area contributed by atoms with Crippen LogP contribution in [0.25, 0.3) is 11.0 Å². The molecule has 6 heteroatoms. The molecule has 0 saturated carbocycles. The Morgan fingerprint density at radius 2 is 2.15 bits per heavy atom. The highest BCUT2D eigenvalue weighted by atomic mass is 32.1. The van der Waals surface area contributed by atoms with Crippen LogP contribution in [0.5, 0.6) is 0 Å². The maximum absolute atomic E-state index is 12.1. The van der Waals surface area contributed by atoms with Crippen molar-refractivity contribution in [1.82, 2.24) is 14.8 Å². The molecule has 0 aliphatic heterocycles. The monoisotopic (exact) mass is 380 g/mol. The van der Waals surface area contributed by atoms with Gasteiger partial charge in [0, 0.05) is 17.8 Å². The lowest BCUT2D eigenvalue weighted by atomic mass is 10.1. The standard InChI is InChI=1S/C21H24N4OS/c1-2-3-5-10-18(13-17-8-6-4-7-9-17)15-22-24-20(26)14-19-16-25-11-12-27-21(25)23-19/h4,6-9,11-13,15-16H,2-3,5,10,14H2,1H3,(H,24,26)/b18-13+,22-15+. The Morgan fingerprint density at radius 1 is 1.30 bits per heavy atom. The Hall–Kier alpha value is -2.73. The summed E-state index contributed by atoms with van der Waals surface area (Å²) in [5.41, 5.74) is 5.61. The first-order chi connectivity index (χ1) is 13.2.